The van der Waals surface area contributed by atoms with Crippen molar-refractivity contribution in [2.75, 3.05) is 0 Å². The molecule has 4 nitrogen and oxygen atoms in total. The molecule has 1 unspecified atom stereocenters. The lowest BCUT2D eigenvalue weighted by Gasteiger charge is -2.22. The van der Waals surface area contributed by atoms with E-state index in [2.05, 4.69) is 5.32 Å². The van der Waals surface area contributed by atoms with E-state index >= 15 is 0 Å². The molecule has 0 aliphatic carbocycles. The van der Waals surface area contributed by atoms with Crippen LogP contribution in [0.5, 0.6) is 0 Å². The molecule has 1 fully saturated rings. The largest absolute Gasteiger partial charge is 0.325 e. The fourth-order valence-electron chi connectivity index (χ4n) is 2.74. The molecule has 2 aromatic carbocycles. The summed E-state index contributed by atoms with van der Waals surface area (Å²) >= 11 is 11.9. The molecule has 0 aromatic heterocycles. The number of benzene rings is 2. The summed E-state index contributed by atoms with van der Waals surface area (Å²) in [7, 11) is 0. The molecule has 1 aliphatic heterocycles. The van der Waals surface area contributed by atoms with Gasteiger partial charge in [0.25, 0.3) is 5.91 Å². The Kier molecular flexibility index (Phi) is 4.28. The maximum atomic E-state index is 12.9. The van der Waals surface area contributed by atoms with Crippen LogP contribution in [0.2, 0.25) is 10.0 Å². The van der Waals surface area contributed by atoms with Gasteiger partial charge >= 0.3 is 6.03 Å². The summed E-state index contributed by atoms with van der Waals surface area (Å²) in [6.07, 6.45) is 0. The van der Waals surface area contributed by atoms with E-state index in [-0.39, 0.29) is 12.5 Å². The molecule has 124 valence electrons. The Balaban J connectivity index is 1.88. The molecule has 0 saturated carbocycles. The quantitative estimate of drug-likeness (QED) is 0.828. The summed E-state index contributed by atoms with van der Waals surface area (Å²) in [5.41, 5.74) is 1.51. The number of amides is 3. The molecular formula is C18H16Cl2N2O2. The second-order valence-corrected chi connectivity index (χ2v) is 6.88. The maximum absolute atomic E-state index is 12.9. The summed E-state index contributed by atoms with van der Waals surface area (Å²) in [5, 5.41) is 3.61. The van der Waals surface area contributed by atoms with Gasteiger partial charge in [-0.25, -0.2) is 4.79 Å². The first-order valence-corrected chi connectivity index (χ1v) is 8.22. The van der Waals surface area contributed by atoms with Crippen molar-refractivity contribution in [3.05, 3.63) is 69.2 Å². The van der Waals surface area contributed by atoms with E-state index in [1.165, 1.54) is 4.90 Å². The average Bonchev–Trinajstić information content (AvgIpc) is 2.76. The van der Waals surface area contributed by atoms with Crippen LogP contribution in [0.25, 0.3) is 0 Å². The second kappa shape index (κ2) is 6.11. The van der Waals surface area contributed by atoms with E-state index in [4.69, 9.17) is 23.2 Å². The highest BCUT2D eigenvalue weighted by atomic mass is 35.5. The molecule has 6 heteroatoms. The number of aryl methyl sites for hydroxylation is 1. The van der Waals surface area contributed by atoms with Crippen LogP contribution in [0.1, 0.15) is 23.6 Å². The van der Waals surface area contributed by atoms with E-state index in [1.807, 2.05) is 31.2 Å². The molecule has 1 saturated heterocycles. The molecule has 3 amide bonds. The van der Waals surface area contributed by atoms with Gasteiger partial charge in [0, 0.05) is 0 Å². The zero-order valence-corrected chi connectivity index (χ0v) is 14.8. The van der Waals surface area contributed by atoms with Crippen molar-refractivity contribution in [1.82, 2.24) is 10.2 Å². The Labute approximate surface area is 150 Å². The molecular weight excluding hydrogens is 347 g/mol. The molecule has 0 bridgehead atoms. The summed E-state index contributed by atoms with van der Waals surface area (Å²) < 4.78 is 0. The van der Waals surface area contributed by atoms with E-state index in [0.29, 0.717) is 10.0 Å². The van der Waals surface area contributed by atoms with Crippen LogP contribution in [0.15, 0.2) is 42.5 Å². The fourth-order valence-corrected chi connectivity index (χ4v) is 3.06. The molecule has 1 heterocycles. The Morgan fingerprint density at radius 1 is 1.04 bits per heavy atom. The van der Waals surface area contributed by atoms with Crippen LogP contribution in [0.4, 0.5) is 4.79 Å². The van der Waals surface area contributed by atoms with Gasteiger partial charge in [0.2, 0.25) is 0 Å². The second-order valence-electron chi connectivity index (χ2n) is 6.06. The van der Waals surface area contributed by atoms with Crippen LogP contribution < -0.4 is 5.32 Å². The van der Waals surface area contributed by atoms with Gasteiger partial charge in [0.15, 0.2) is 0 Å². The van der Waals surface area contributed by atoms with Crippen molar-refractivity contribution in [1.29, 1.82) is 0 Å². The fraction of sp³-hybridized carbons (Fsp3) is 0.222. The zero-order chi connectivity index (χ0) is 17.5. The summed E-state index contributed by atoms with van der Waals surface area (Å²) in [5.74, 6) is -0.289. The Bertz CT molecular complexity index is 820. The average molecular weight is 363 g/mol. The first-order valence-electron chi connectivity index (χ1n) is 7.46. The molecule has 3 rings (SSSR count). The number of hydrogen-bond acceptors (Lipinski definition) is 2. The minimum Gasteiger partial charge on any atom is -0.319 e. The number of carbonyl (C=O) groups is 2. The number of halogens is 2. The lowest BCUT2D eigenvalue weighted by Crippen LogP contribution is -2.40. The lowest BCUT2D eigenvalue weighted by atomic mass is 9.91. The van der Waals surface area contributed by atoms with Crippen molar-refractivity contribution < 1.29 is 9.59 Å². The number of carbonyl (C=O) groups excluding carboxylic acids is 2. The van der Waals surface area contributed by atoms with Crippen LogP contribution in [0.3, 0.4) is 0 Å². The minimum absolute atomic E-state index is 0.142. The third-order valence-electron chi connectivity index (χ3n) is 4.23. The highest BCUT2D eigenvalue weighted by Crippen LogP contribution is 2.31. The van der Waals surface area contributed by atoms with Gasteiger partial charge in [0.1, 0.15) is 5.54 Å². The number of rotatable bonds is 3. The molecule has 0 spiro atoms. The molecule has 1 aliphatic rings. The monoisotopic (exact) mass is 362 g/mol. The number of nitrogens with one attached hydrogen (secondary N) is 1. The van der Waals surface area contributed by atoms with Gasteiger partial charge in [-0.15, -0.1) is 0 Å². The maximum Gasteiger partial charge on any atom is 0.325 e. The highest BCUT2D eigenvalue weighted by molar-refractivity contribution is 6.42. The van der Waals surface area contributed by atoms with Crippen LogP contribution >= 0.6 is 23.2 Å². The predicted molar refractivity (Wildman–Crippen MR) is 94.1 cm³/mol. The number of hydrogen-bond donors (Lipinski definition) is 1. The first kappa shape index (κ1) is 16.8. The normalized spacial score (nSPS) is 20.4. The first-order chi connectivity index (χ1) is 11.3. The van der Waals surface area contributed by atoms with Gasteiger partial charge in [-0.3, -0.25) is 9.69 Å². The number of imide groups is 1. The van der Waals surface area contributed by atoms with Gasteiger partial charge in [-0.05, 0) is 37.1 Å². The van der Waals surface area contributed by atoms with E-state index in [1.54, 1.807) is 25.1 Å². The summed E-state index contributed by atoms with van der Waals surface area (Å²) in [4.78, 5) is 26.4. The van der Waals surface area contributed by atoms with Gasteiger partial charge in [-0.1, -0.05) is 59.1 Å². The molecule has 0 radical (unpaired) electrons. The minimum atomic E-state index is -1.07. The zero-order valence-electron chi connectivity index (χ0n) is 13.3. The van der Waals surface area contributed by atoms with Crippen molar-refractivity contribution in [2.45, 2.75) is 25.9 Å². The molecule has 24 heavy (non-hydrogen) atoms. The SMILES string of the molecule is Cc1ccc(C2(C)NC(=O)N(Cc3ccc(Cl)c(Cl)c3)C2=O)cc1. The topological polar surface area (TPSA) is 49.4 Å². The van der Waals surface area contributed by atoms with Crippen LogP contribution in [-0.2, 0) is 16.9 Å². The van der Waals surface area contributed by atoms with Crippen molar-refractivity contribution in [3.63, 3.8) is 0 Å². The number of urea groups is 1. The third kappa shape index (κ3) is 2.87. The highest BCUT2D eigenvalue weighted by Gasteiger charge is 2.48. The van der Waals surface area contributed by atoms with Gasteiger partial charge < -0.3 is 5.32 Å². The smallest absolute Gasteiger partial charge is 0.319 e. The Hall–Kier alpha value is -2.04. The van der Waals surface area contributed by atoms with Crippen LogP contribution in [-0.4, -0.2) is 16.8 Å². The Morgan fingerprint density at radius 2 is 1.71 bits per heavy atom. The van der Waals surface area contributed by atoms with E-state index in [9.17, 15) is 9.59 Å². The number of nitrogens with zero attached hydrogens (tertiary/aromatic N) is 1. The summed E-state index contributed by atoms with van der Waals surface area (Å²) in [6, 6.07) is 12.2. The molecule has 1 N–H and O–H groups in total. The van der Waals surface area contributed by atoms with Crippen LogP contribution in [0, 0.1) is 6.92 Å². The Morgan fingerprint density at radius 3 is 2.33 bits per heavy atom. The lowest BCUT2D eigenvalue weighted by molar-refractivity contribution is -0.131. The predicted octanol–water partition coefficient (Wildman–Crippen LogP) is 4.27. The standard InChI is InChI=1S/C18H16Cl2N2O2/c1-11-3-6-13(7-4-11)18(2)16(23)22(17(24)21-18)10-12-5-8-14(19)15(20)9-12/h3-9H,10H2,1-2H3,(H,21,24). The van der Waals surface area contributed by atoms with Crippen molar-refractivity contribution >= 4 is 35.1 Å². The summed E-state index contributed by atoms with van der Waals surface area (Å²) in [6.45, 7) is 3.83. The molecule has 1 atom stereocenters. The van der Waals surface area contributed by atoms with E-state index < -0.39 is 11.6 Å². The van der Waals surface area contributed by atoms with Crippen molar-refractivity contribution in [2.24, 2.45) is 0 Å². The molecule has 2 aromatic rings. The van der Waals surface area contributed by atoms with E-state index in [0.717, 1.165) is 16.7 Å². The van der Waals surface area contributed by atoms with Gasteiger partial charge in [0.05, 0.1) is 16.6 Å². The third-order valence-corrected chi connectivity index (χ3v) is 4.97. The van der Waals surface area contributed by atoms with Crippen molar-refractivity contribution in [3.8, 4) is 0 Å². The van der Waals surface area contributed by atoms with Gasteiger partial charge in [-0.2, -0.15) is 0 Å².